The van der Waals surface area contributed by atoms with Gasteiger partial charge in [0.15, 0.2) is 5.16 Å². The summed E-state index contributed by atoms with van der Waals surface area (Å²) in [5.41, 5.74) is 6.27. The molecule has 0 fully saturated rings. The maximum Gasteiger partial charge on any atom is 0.252 e. The lowest BCUT2D eigenvalue weighted by Gasteiger charge is -2.01. The second kappa shape index (κ2) is 4.31. The number of hydrogen-bond acceptors (Lipinski definition) is 6. The Bertz CT molecular complexity index is 568. The predicted molar refractivity (Wildman–Crippen MR) is 62.1 cm³/mol. The Balaban J connectivity index is 2.55. The summed E-state index contributed by atoms with van der Waals surface area (Å²) >= 11 is 1.35. The molecule has 0 aliphatic heterocycles. The zero-order valence-corrected chi connectivity index (χ0v) is 9.28. The van der Waals surface area contributed by atoms with Gasteiger partial charge in [-0.3, -0.25) is 4.79 Å². The molecule has 0 spiro atoms. The van der Waals surface area contributed by atoms with Crippen LogP contribution in [0.25, 0.3) is 11.4 Å². The highest BCUT2D eigenvalue weighted by Gasteiger charge is 2.05. The second-order valence-corrected chi connectivity index (χ2v) is 3.73. The summed E-state index contributed by atoms with van der Waals surface area (Å²) < 4.78 is 0. The van der Waals surface area contributed by atoms with E-state index in [1.807, 2.05) is 6.26 Å². The van der Waals surface area contributed by atoms with E-state index in [9.17, 15) is 4.79 Å². The van der Waals surface area contributed by atoms with Crippen LogP contribution in [0.4, 0.5) is 5.95 Å². The molecule has 0 aliphatic carbocycles. The van der Waals surface area contributed by atoms with E-state index in [0.29, 0.717) is 16.5 Å². The van der Waals surface area contributed by atoms with Gasteiger partial charge in [-0.15, -0.1) is 0 Å². The largest absolute Gasteiger partial charge is 0.368 e. The van der Waals surface area contributed by atoms with Crippen LogP contribution in [0, 0.1) is 0 Å². The van der Waals surface area contributed by atoms with Crippen LogP contribution in [0.3, 0.4) is 0 Å². The molecule has 0 bridgehead atoms. The first-order valence-electron chi connectivity index (χ1n) is 4.43. The standard InChI is InChI=1S/C9H9N5OS/c1-16-9-13-6(4-7(15)14-9)5-2-3-11-8(10)12-5/h2-4H,1H3,(H2,10,11,12)(H,13,14,15). The van der Waals surface area contributed by atoms with E-state index in [1.54, 1.807) is 6.07 Å². The molecule has 7 heteroatoms. The Labute approximate surface area is 95.4 Å². The molecule has 6 nitrogen and oxygen atoms in total. The van der Waals surface area contributed by atoms with E-state index >= 15 is 0 Å². The van der Waals surface area contributed by atoms with Crippen LogP contribution < -0.4 is 11.3 Å². The lowest BCUT2D eigenvalue weighted by Crippen LogP contribution is -2.08. The number of hydrogen-bond donors (Lipinski definition) is 2. The zero-order valence-electron chi connectivity index (χ0n) is 8.47. The topological polar surface area (TPSA) is 97.5 Å². The van der Waals surface area contributed by atoms with Gasteiger partial charge >= 0.3 is 0 Å². The lowest BCUT2D eigenvalue weighted by molar-refractivity contribution is 0.940. The summed E-state index contributed by atoms with van der Waals surface area (Å²) in [6, 6.07) is 3.03. The van der Waals surface area contributed by atoms with Gasteiger partial charge in [0.05, 0.1) is 11.4 Å². The molecule has 82 valence electrons. The average Bonchev–Trinajstić information content (AvgIpc) is 2.28. The fraction of sp³-hybridized carbons (Fsp3) is 0.111. The third-order valence-electron chi connectivity index (χ3n) is 1.85. The van der Waals surface area contributed by atoms with Gasteiger partial charge in [-0.1, -0.05) is 11.8 Å². The number of H-pyrrole nitrogens is 1. The number of aromatic nitrogens is 4. The molecule has 0 saturated carbocycles. The van der Waals surface area contributed by atoms with E-state index in [4.69, 9.17) is 5.73 Å². The van der Waals surface area contributed by atoms with Gasteiger partial charge < -0.3 is 10.7 Å². The second-order valence-electron chi connectivity index (χ2n) is 2.94. The van der Waals surface area contributed by atoms with Gasteiger partial charge in [0.1, 0.15) is 0 Å². The van der Waals surface area contributed by atoms with Crippen molar-refractivity contribution in [2.75, 3.05) is 12.0 Å². The monoisotopic (exact) mass is 235 g/mol. The van der Waals surface area contributed by atoms with E-state index in [1.165, 1.54) is 24.0 Å². The van der Waals surface area contributed by atoms with E-state index in [2.05, 4.69) is 19.9 Å². The van der Waals surface area contributed by atoms with Crippen LogP contribution in [-0.4, -0.2) is 26.2 Å². The van der Waals surface area contributed by atoms with Crippen molar-refractivity contribution in [3.63, 3.8) is 0 Å². The summed E-state index contributed by atoms with van der Waals surface area (Å²) in [6.07, 6.45) is 3.36. The van der Waals surface area contributed by atoms with Crippen LogP contribution in [0.5, 0.6) is 0 Å². The smallest absolute Gasteiger partial charge is 0.252 e. The Hall–Kier alpha value is -1.89. The maximum absolute atomic E-state index is 11.3. The summed E-state index contributed by atoms with van der Waals surface area (Å²) in [7, 11) is 0. The normalized spacial score (nSPS) is 10.3. The first kappa shape index (κ1) is 10.6. The fourth-order valence-corrected chi connectivity index (χ4v) is 1.57. The number of nitrogens with zero attached hydrogens (tertiary/aromatic N) is 3. The summed E-state index contributed by atoms with van der Waals surface area (Å²) in [6.45, 7) is 0. The molecule has 0 atom stereocenters. The van der Waals surface area contributed by atoms with Crippen molar-refractivity contribution in [2.45, 2.75) is 5.16 Å². The summed E-state index contributed by atoms with van der Waals surface area (Å²) in [4.78, 5) is 26.0. The van der Waals surface area contributed by atoms with Crippen molar-refractivity contribution in [3.8, 4) is 11.4 Å². The lowest BCUT2D eigenvalue weighted by atomic mass is 10.3. The molecule has 0 unspecified atom stereocenters. The molecule has 0 saturated heterocycles. The number of anilines is 1. The third kappa shape index (κ3) is 2.19. The number of nitrogen functional groups attached to an aromatic ring is 1. The fourth-order valence-electron chi connectivity index (χ4n) is 1.18. The Morgan fingerprint density at radius 3 is 2.88 bits per heavy atom. The molecular weight excluding hydrogens is 226 g/mol. The molecular formula is C9H9N5OS. The Morgan fingerprint density at radius 2 is 2.19 bits per heavy atom. The highest BCUT2D eigenvalue weighted by Crippen LogP contribution is 2.15. The summed E-state index contributed by atoms with van der Waals surface area (Å²) in [5.74, 6) is 0.158. The number of nitrogens with one attached hydrogen (secondary N) is 1. The number of aromatic amines is 1. The van der Waals surface area contributed by atoms with Crippen LogP contribution in [0.1, 0.15) is 0 Å². The highest BCUT2D eigenvalue weighted by atomic mass is 32.2. The van der Waals surface area contributed by atoms with Crippen molar-refractivity contribution >= 4 is 17.7 Å². The molecule has 2 heterocycles. The average molecular weight is 235 g/mol. The van der Waals surface area contributed by atoms with Gasteiger partial charge in [-0.2, -0.15) is 0 Å². The molecule has 2 aromatic rings. The molecule has 0 aromatic carbocycles. The number of nitrogens with two attached hydrogens (primary N) is 1. The van der Waals surface area contributed by atoms with E-state index in [-0.39, 0.29) is 11.5 Å². The van der Waals surface area contributed by atoms with Gasteiger partial charge in [0.25, 0.3) is 5.56 Å². The first-order chi connectivity index (χ1) is 7.69. The van der Waals surface area contributed by atoms with E-state index in [0.717, 1.165) is 0 Å². The molecule has 2 rings (SSSR count). The van der Waals surface area contributed by atoms with Crippen molar-refractivity contribution in [1.82, 2.24) is 19.9 Å². The summed E-state index contributed by atoms with van der Waals surface area (Å²) in [5, 5.41) is 0.541. The van der Waals surface area contributed by atoms with Crippen molar-refractivity contribution in [3.05, 3.63) is 28.7 Å². The maximum atomic E-state index is 11.3. The first-order valence-corrected chi connectivity index (χ1v) is 5.66. The molecule has 2 aromatic heterocycles. The Kier molecular flexibility index (Phi) is 2.86. The predicted octanol–water partition coefficient (Wildman–Crippen LogP) is 0.531. The van der Waals surface area contributed by atoms with E-state index < -0.39 is 0 Å². The minimum atomic E-state index is -0.216. The highest BCUT2D eigenvalue weighted by molar-refractivity contribution is 7.98. The van der Waals surface area contributed by atoms with Crippen molar-refractivity contribution < 1.29 is 0 Å². The van der Waals surface area contributed by atoms with Gasteiger partial charge in [-0.25, -0.2) is 15.0 Å². The van der Waals surface area contributed by atoms with Gasteiger partial charge in [0, 0.05) is 12.3 Å². The van der Waals surface area contributed by atoms with Crippen LogP contribution in [-0.2, 0) is 0 Å². The van der Waals surface area contributed by atoms with Crippen molar-refractivity contribution in [2.24, 2.45) is 0 Å². The van der Waals surface area contributed by atoms with Gasteiger partial charge in [-0.05, 0) is 12.3 Å². The van der Waals surface area contributed by atoms with Crippen LogP contribution in [0.15, 0.2) is 28.3 Å². The minimum Gasteiger partial charge on any atom is -0.368 e. The van der Waals surface area contributed by atoms with Crippen molar-refractivity contribution in [1.29, 1.82) is 0 Å². The molecule has 16 heavy (non-hydrogen) atoms. The van der Waals surface area contributed by atoms with Crippen LogP contribution >= 0.6 is 11.8 Å². The number of rotatable bonds is 2. The molecule has 0 aliphatic rings. The van der Waals surface area contributed by atoms with Gasteiger partial charge in [0.2, 0.25) is 5.95 Å². The quantitative estimate of drug-likeness (QED) is 0.582. The number of thioether (sulfide) groups is 1. The molecule has 0 amide bonds. The third-order valence-corrected chi connectivity index (χ3v) is 2.43. The SMILES string of the molecule is CSc1nc(-c2ccnc(N)n2)cc(=O)[nH]1. The molecule has 0 radical (unpaired) electrons. The molecule has 3 N–H and O–H groups in total. The Morgan fingerprint density at radius 1 is 1.38 bits per heavy atom. The zero-order chi connectivity index (χ0) is 11.5. The minimum absolute atomic E-state index is 0.158. The van der Waals surface area contributed by atoms with Crippen LogP contribution in [0.2, 0.25) is 0 Å².